The summed E-state index contributed by atoms with van der Waals surface area (Å²) in [6.07, 6.45) is 0.650. The number of sulfonamides is 1. The molecule has 0 atom stereocenters. The van der Waals surface area contributed by atoms with E-state index >= 15 is 0 Å². The van der Waals surface area contributed by atoms with Crippen LogP contribution in [0.3, 0.4) is 0 Å². The molecule has 30 heavy (non-hydrogen) atoms. The van der Waals surface area contributed by atoms with Crippen LogP contribution in [0.1, 0.15) is 6.42 Å². The van der Waals surface area contributed by atoms with Crippen LogP contribution in [-0.4, -0.2) is 57.6 Å². The standard InChI is InChI=1S/C20H23FN4O4S/c21-15-4-1-5-16(14-15)30(27,28)22-8-3-9-24-10-12-25(13-11-24)18-7-2-6-17-19(18)29-20(26)23-17/h1-2,4-7,14,22H,3,8-13H2,(H,23,26). The summed E-state index contributed by atoms with van der Waals surface area (Å²) in [7, 11) is -3.71. The fourth-order valence-electron chi connectivity index (χ4n) is 3.65. The molecule has 2 heterocycles. The van der Waals surface area contributed by atoms with Gasteiger partial charge in [-0.1, -0.05) is 12.1 Å². The number of nitrogens with one attached hydrogen (secondary N) is 2. The highest BCUT2D eigenvalue weighted by Crippen LogP contribution is 2.25. The molecule has 10 heteroatoms. The highest BCUT2D eigenvalue weighted by Gasteiger charge is 2.20. The van der Waals surface area contributed by atoms with E-state index in [1.807, 2.05) is 18.2 Å². The van der Waals surface area contributed by atoms with Crippen molar-refractivity contribution in [1.82, 2.24) is 14.6 Å². The van der Waals surface area contributed by atoms with Crippen LogP contribution < -0.4 is 15.4 Å². The average molecular weight is 434 g/mol. The van der Waals surface area contributed by atoms with E-state index in [1.165, 1.54) is 18.2 Å². The van der Waals surface area contributed by atoms with Crippen LogP contribution in [-0.2, 0) is 10.0 Å². The van der Waals surface area contributed by atoms with E-state index in [0.717, 1.165) is 44.5 Å². The van der Waals surface area contributed by atoms with E-state index in [9.17, 15) is 17.6 Å². The van der Waals surface area contributed by atoms with Crippen LogP contribution in [0.25, 0.3) is 11.1 Å². The maximum atomic E-state index is 13.2. The predicted molar refractivity (Wildman–Crippen MR) is 112 cm³/mol. The Balaban J connectivity index is 1.26. The molecule has 1 aromatic heterocycles. The number of aromatic amines is 1. The zero-order chi connectivity index (χ0) is 21.1. The Kier molecular flexibility index (Phi) is 5.89. The molecular weight excluding hydrogens is 411 g/mol. The Morgan fingerprint density at radius 2 is 1.87 bits per heavy atom. The van der Waals surface area contributed by atoms with Gasteiger partial charge in [0.1, 0.15) is 5.82 Å². The van der Waals surface area contributed by atoms with Crippen LogP contribution in [0.2, 0.25) is 0 Å². The lowest BCUT2D eigenvalue weighted by Gasteiger charge is -2.36. The molecule has 1 aliphatic heterocycles. The summed E-state index contributed by atoms with van der Waals surface area (Å²) >= 11 is 0. The highest BCUT2D eigenvalue weighted by atomic mass is 32.2. The van der Waals surface area contributed by atoms with Gasteiger partial charge in [-0.2, -0.15) is 0 Å². The molecule has 0 radical (unpaired) electrons. The van der Waals surface area contributed by atoms with Gasteiger partial charge in [0.05, 0.1) is 16.1 Å². The minimum absolute atomic E-state index is 0.0679. The number of halogens is 1. The second-order valence-corrected chi connectivity index (χ2v) is 8.97. The van der Waals surface area contributed by atoms with Crippen LogP contribution in [0.4, 0.5) is 10.1 Å². The Labute approximate surface area is 173 Å². The van der Waals surface area contributed by atoms with Gasteiger partial charge in [0.15, 0.2) is 5.58 Å². The Bertz CT molecular complexity index is 1180. The second kappa shape index (κ2) is 8.58. The van der Waals surface area contributed by atoms with Gasteiger partial charge in [-0.15, -0.1) is 0 Å². The van der Waals surface area contributed by atoms with Gasteiger partial charge in [0.2, 0.25) is 10.0 Å². The number of aromatic nitrogens is 1. The van der Waals surface area contributed by atoms with Crippen LogP contribution in [0.15, 0.2) is 56.6 Å². The van der Waals surface area contributed by atoms with E-state index in [1.54, 1.807) is 0 Å². The molecule has 0 spiro atoms. The first-order chi connectivity index (χ1) is 14.4. The zero-order valence-electron chi connectivity index (χ0n) is 16.3. The molecule has 3 aromatic rings. The third-order valence-corrected chi connectivity index (χ3v) is 6.65. The first-order valence-electron chi connectivity index (χ1n) is 9.77. The quantitative estimate of drug-likeness (QED) is 0.550. The Morgan fingerprint density at radius 3 is 2.63 bits per heavy atom. The molecule has 0 bridgehead atoms. The molecule has 1 saturated heterocycles. The van der Waals surface area contributed by atoms with Gasteiger partial charge >= 0.3 is 5.76 Å². The molecule has 0 unspecified atom stereocenters. The number of hydrogen-bond acceptors (Lipinski definition) is 6. The summed E-state index contributed by atoms with van der Waals surface area (Å²) in [5, 5.41) is 0. The number of H-pyrrole nitrogens is 1. The maximum Gasteiger partial charge on any atom is 0.417 e. The van der Waals surface area contributed by atoms with Crippen LogP contribution in [0.5, 0.6) is 0 Å². The number of oxazole rings is 1. The lowest BCUT2D eigenvalue weighted by atomic mass is 10.2. The van der Waals surface area contributed by atoms with Crippen molar-refractivity contribution in [2.24, 2.45) is 0 Å². The second-order valence-electron chi connectivity index (χ2n) is 7.21. The lowest BCUT2D eigenvalue weighted by Crippen LogP contribution is -2.47. The normalized spacial score (nSPS) is 15.7. The van der Waals surface area contributed by atoms with Crippen molar-refractivity contribution in [1.29, 1.82) is 0 Å². The van der Waals surface area contributed by atoms with Gasteiger partial charge in [0.25, 0.3) is 0 Å². The summed E-state index contributed by atoms with van der Waals surface area (Å²) in [5.41, 5.74) is 2.15. The molecule has 160 valence electrons. The van der Waals surface area contributed by atoms with Crippen molar-refractivity contribution in [2.45, 2.75) is 11.3 Å². The fraction of sp³-hybridized carbons (Fsp3) is 0.350. The third kappa shape index (κ3) is 4.55. The van der Waals surface area contributed by atoms with Gasteiger partial charge in [0, 0.05) is 32.7 Å². The van der Waals surface area contributed by atoms with E-state index in [-0.39, 0.29) is 11.4 Å². The van der Waals surface area contributed by atoms with Crippen molar-refractivity contribution >= 4 is 26.8 Å². The largest absolute Gasteiger partial charge is 0.417 e. The van der Waals surface area contributed by atoms with Crippen molar-refractivity contribution in [3.63, 3.8) is 0 Å². The van der Waals surface area contributed by atoms with Crippen LogP contribution in [0, 0.1) is 5.82 Å². The molecule has 8 nitrogen and oxygen atoms in total. The molecule has 2 N–H and O–H groups in total. The molecule has 0 saturated carbocycles. The van der Waals surface area contributed by atoms with Gasteiger partial charge in [-0.25, -0.2) is 22.3 Å². The van der Waals surface area contributed by atoms with E-state index in [0.29, 0.717) is 17.5 Å². The minimum atomic E-state index is -3.71. The van der Waals surface area contributed by atoms with Crippen molar-refractivity contribution in [3.05, 3.63) is 58.8 Å². The number of para-hydroxylation sites is 1. The van der Waals surface area contributed by atoms with Crippen molar-refractivity contribution in [2.75, 3.05) is 44.2 Å². The van der Waals surface area contributed by atoms with Gasteiger partial charge in [-0.3, -0.25) is 9.88 Å². The number of anilines is 1. The van der Waals surface area contributed by atoms with Crippen molar-refractivity contribution < 1.29 is 17.2 Å². The highest BCUT2D eigenvalue weighted by molar-refractivity contribution is 7.89. The van der Waals surface area contributed by atoms with E-state index in [4.69, 9.17) is 4.42 Å². The van der Waals surface area contributed by atoms with E-state index in [2.05, 4.69) is 19.5 Å². The molecule has 0 aliphatic carbocycles. The minimum Gasteiger partial charge on any atom is -0.406 e. The number of rotatable bonds is 7. The predicted octanol–water partition coefficient (Wildman–Crippen LogP) is 1.75. The SMILES string of the molecule is O=c1[nH]c2cccc(N3CCN(CCCNS(=O)(=O)c4cccc(F)c4)CC3)c2o1. The average Bonchev–Trinajstić information content (AvgIpc) is 3.12. The summed E-state index contributed by atoms with van der Waals surface area (Å²) in [6.45, 7) is 4.24. The van der Waals surface area contributed by atoms with Gasteiger partial charge in [-0.05, 0) is 43.3 Å². The Morgan fingerprint density at radius 1 is 1.10 bits per heavy atom. The molecule has 2 aromatic carbocycles. The zero-order valence-corrected chi connectivity index (χ0v) is 17.1. The van der Waals surface area contributed by atoms with Gasteiger partial charge < -0.3 is 9.32 Å². The number of benzene rings is 2. The molecule has 4 rings (SSSR count). The molecule has 1 fully saturated rings. The topological polar surface area (TPSA) is 98.6 Å². The number of nitrogens with zero attached hydrogens (tertiary/aromatic N) is 2. The molecule has 0 amide bonds. The smallest absolute Gasteiger partial charge is 0.406 e. The number of piperazine rings is 1. The lowest BCUT2D eigenvalue weighted by molar-refractivity contribution is 0.255. The maximum absolute atomic E-state index is 13.2. The first kappa shape index (κ1) is 20.6. The van der Waals surface area contributed by atoms with Crippen LogP contribution >= 0.6 is 0 Å². The molecular formula is C20H23FN4O4S. The summed E-state index contributed by atoms with van der Waals surface area (Å²) in [6, 6.07) is 10.6. The summed E-state index contributed by atoms with van der Waals surface area (Å²) in [4.78, 5) is 18.5. The Hall–Kier alpha value is -2.69. The van der Waals surface area contributed by atoms with E-state index < -0.39 is 21.6 Å². The summed E-state index contributed by atoms with van der Waals surface area (Å²) < 4.78 is 45.5. The number of hydrogen-bond donors (Lipinski definition) is 2. The molecule has 1 aliphatic rings. The number of fused-ring (bicyclic) bond motifs is 1. The van der Waals surface area contributed by atoms with Crippen molar-refractivity contribution in [3.8, 4) is 0 Å². The monoisotopic (exact) mass is 434 g/mol. The third-order valence-electron chi connectivity index (χ3n) is 5.19. The first-order valence-corrected chi connectivity index (χ1v) is 11.2. The fourth-order valence-corrected chi connectivity index (χ4v) is 4.75. The summed E-state index contributed by atoms with van der Waals surface area (Å²) in [5.74, 6) is -1.04.